The van der Waals surface area contributed by atoms with E-state index in [9.17, 15) is 5.11 Å². The molecule has 3 heteroatoms. The SMILES string of the molecule is CN1CCN(CC(O)c2cccc3ccccc23)CC1. The zero-order valence-corrected chi connectivity index (χ0v) is 12.0. The topological polar surface area (TPSA) is 26.7 Å². The Labute approximate surface area is 120 Å². The largest absolute Gasteiger partial charge is 0.387 e. The Kier molecular flexibility index (Phi) is 4.01. The number of hydrogen-bond donors (Lipinski definition) is 1. The molecule has 0 spiro atoms. The Hall–Kier alpha value is -1.42. The molecular formula is C17H22N2O. The predicted octanol–water partition coefficient (Wildman–Crippen LogP) is 2.12. The second-order valence-corrected chi connectivity index (χ2v) is 5.69. The summed E-state index contributed by atoms with van der Waals surface area (Å²) in [4.78, 5) is 4.69. The molecule has 0 amide bonds. The van der Waals surface area contributed by atoms with E-state index in [1.807, 2.05) is 24.3 Å². The molecule has 3 rings (SSSR count). The van der Waals surface area contributed by atoms with Crippen molar-refractivity contribution in [2.24, 2.45) is 0 Å². The van der Waals surface area contributed by atoms with E-state index in [-0.39, 0.29) is 0 Å². The third-order valence-corrected chi connectivity index (χ3v) is 4.21. The molecule has 1 N–H and O–H groups in total. The summed E-state index contributed by atoms with van der Waals surface area (Å²) >= 11 is 0. The Morgan fingerprint density at radius 3 is 2.50 bits per heavy atom. The summed E-state index contributed by atoms with van der Waals surface area (Å²) in [6, 6.07) is 14.4. The molecule has 1 aliphatic rings. The Morgan fingerprint density at radius 2 is 1.70 bits per heavy atom. The van der Waals surface area contributed by atoms with Crippen LogP contribution in [0.3, 0.4) is 0 Å². The first-order valence-corrected chi connectivity index (χ1v) is 7.30. The molecule has 0 saturated carbocycles. The summed E-state index contributed by atoms with van der Waals surface area (Å²) in [6.07, 6.45) is -0.412. The van der Waals surface area contributed by atoms with E-state index in [1.54, 1.807) is 0 Å². The van der Waals surface area contributed by atoms with Crippen LogP contribution in [0.15, 0.2) is 42.5 Å². The molecule has 106 valence electrons. The zero-order chi connectivity index (χ0) is 13.9. The van der Waals surface area contributed by atoms with E-state index < -0.39 is 6.10 Å². The molecule has 0 aliphatic carbocycles. The maximum Gasteiger partial charge on any atom is 0.0922 e. The van der Waals surface area contributed by atoms with Crippen LogP contribution >= 0.6 is 0 Å². The van der Waals surface area contributed by atoms with Crippen LogP contribution < -0.4 is 0 Å². The number of β-amino-alcohol motifs (C(OH)–C–C–N with tert-alkyl or cyclic N) is 1. The molecular weight excluding hydrogens is 248 g/mol. The minimum Gasteiger partial charge on any atom is -0.387 e. The van der Waals surface area contributed by atoms with Gasteiger partial charge in [-0.2, -0.15) is 0 Å². The second-order valence-electron chi connectivity index (χ2n) is 5.69. The molecule has 1 aliphatic heterocycles. The Morgan fingerprint density at radius 1 is 1.00 bits per heavy atom. The first-order chi connectivity index (χ1) is 9.74. The number of nitrogens with zero attached hydrogens (tertiary/aromatic N) is 2. The summed E-state index contributed by atoms with van der Waals surface area (Å²) in [7, 11) is 2.15. The van der Waals surface area contributed by atoms with Gasteiger partial charge in [-0.05, 0) is 23.4 Å². The van der Waals surface area contributed by atoms with E-state index in [0.29, 0.717) is 0 Å². The van der Waals surface area contributed by atoms with Crippen LogP contribution in [-0.2, 0) is 0 Å². The number of hydrogen-bond acceptors (Lipinski definition) is 3. The molecule has 3 nitrogen and oxygen atoms in total. The first-order valence-electron chi connectivity index (χ1n) is 7.30. The number of likely N-dealkylation sites (N-methyl/N-ethyl adjacent to an activating group) is 1. The predicted molar refractivity (Wildman–Crippen MR) is 82.8 cm³/mol. The number of piperazine rings is 1. The smallest absolute Gasteiger partial charge is 0.0922 e. The zero-order valence-electron chi connectivity index (χ0n) is 12.0. The molecule has 0 aromatic heterocycles. The molecule has 1 unspecified atom stereocenters. The number of benzene rings is 2. The molecule has 1 atom stereocenters. The molecule has 1 fully saturated rings. The van der Waals surface area contributed by atoms with Crippen LogP contribution in [0.4, 0.5) is 0 Å². The number of aliphatic hydroxyl groups excluding tert-OH is 1. The van der Waals surface area contributed by atoms with Crippen molar-refractivity contribution in [3.05, 3.63) is 48.0 Å². The van der Waals surface area contributed by atoms with Crippen LogP contribution in [0, 0.1) is 0 Å². The highest BCUT2D eigenvalue weighted by Crippen LogP contribution is 2.25. The van der Waals surface area contributed by atoms with Gasteiger partial charge in [0.25, 0.3) is 0 Å². The van der Waals surface area contributed by atoms with Crippen molar-refractivity contribution in [2.75, 3.05) is 39.8 Å². The fourth-order valence-electron chi connectivity index (χ4n) is 2.91. The lowest BCUT2D eigenvalue weighted by atomic mass is 10.00. The standard InChI is InChI=1S/C17H22N2O/c1-18-9-11-19(12-10-18)13-17(20)16-8-4-6-14-5-2-3-7-15(14)16/h2-8,17,20H,9-13H2,1H3. The first kappa shape index (κ1) is 13.6. The molecule has 0 radical (unpaired) electrons. The number of rotatable bonds is 3. The van der Waals surface area contributed by atoms with E-state index in [0.717, 1.165) is 43.7 Å². The molecule has 2 aromatic carbocycles. The van der Waals surface area contributed by atoms with Crippen molar-refractivity contribution in [3.63, 3.8) is 0 Å². The fraction of sp³-hybridized carbons (Fsp3) is 0.412. The van der Waals surface area contributed by atoms with E-state index >= 15 is 0 Å². The summed E-state index contributed by atoms with van der Waals surface area (Å²) in [5, 5.41) is 12.9. The van der Waals surface area contributed by atoms with Gasteiger partial charge in [-0.3, -0.25) is 4.90 Å². The average Bonchev–Trinajstić information content (AvgIpc) is 2.49. The highest BCUT2D eigenvalue weighted by molar-refractivity contribution is 5.85. The van der Waals surface area contributed by atoms with Gasteiger partial charge in [0.2, 0.25) is 0 Å². The van der Waals surface area contributed by atoms with E-state index in [1.165, 1.54) is 5.39 Å². The van der Waals surface area contributed by atoms with Crippen molar-refractivity contribution in [1.82, 2.24) is 9.80 Å². The Bertz CT molecular complexity index is 571. The van der Waals surface area contributed by atoms with Gasteiger partial charge in [0.15, 0.2) is 0 Å². The maximum atomic E-state index is 10.6. The summed E-state index contributed by atoms with van der Waals surface area (Å²) in [5.74, 6) is 0. The lowest BCUT2D eigenvalue weighted by molar-refractivity contribution is 0.0812. The summed E-state index contributed by atoms with van der Waals surface area (Å²) in [5.41, 5.74) is 1.04. The summed E-state index contributed by atoms with van der Waals surface area (Å²) in [6.45, 7) is 4.98. The highest BCUT2D eigenvalue weighted by atomic mass is 16.3. The average molecular weight is 270 g/mol. The van der Waals surface area contributed by atoms with Gasteiger partial charge in [-0.25, -0.2) is 0 Å². The third-order valence-electron chi connectivity index (χ3n) is 4.21. The molecule has 0 bridgehead atoms. The van der Waals surface area contributed by atoms with Gasteiger partial charge < -0.3 is 10.0 Å². The number of aliphatic hydroxyl groups is 1. The van der Waals surface area contributed by atoms with Crippen LogP contribution in [0.5, 0.6) is 0 Å². The van der Waals surface area contributed by atoms with Gasteiger partial charge in [0, 0.05) is 32.7 Å². The van der Waals surface area contributed by atoms with Crippen LogP contribution in [0.2, 0.25) is 0 Å². The molecule has 20 heavy (non-hydrogen) atoms. The maximum absolute atomic E-state index is 10.6. The number of fused-ring (bicyclic) bond motifs is 1. The quantitative estimate of drug-likeness (QED) is 0.925. The minimum atomic E-state index is -0.412. The van der Waals surface area contributed by atoms with Crippen molar-refractivity contribution in [2.45, 2.75) is 6.10 Å². The van der Waals surface area contributed by atoms with Gasteiger partial charge in [0.05, 0.1) is 6.10 Å². The van der Waals surface area contributed by atoms with Crippen molar-refractivity contribution in [3.8, 4) is 0 Å². The van der Waals surface area contributed by atoms with Crippen molar-refractivity contribution < 1.29 is 5.11 Å². The van der Waals surface area contributed by atoms with Gasteiger partial charge >= 0.3 is 0 Å². The van der Waals surface area contributed by atoms with Gasteiger partial charge in [-0.1, -0.05) is 42.5 Å². The normalized spacial score (nSPS) is 19.3. The summed E-state index contributed by atoms with van der Waals surface area (Å²) < 4.78 is 0. The second kappa shape index (κ2) is 5.92. The van der Waals surface area contributed by atoms with Gasteiger partial charge in [0.1, 0.15) is 0 Å². The van der Waals surface area contributed by atoms with Crippen molar-refractivity contribution in [1.29, 1.82) is 0 Å². The monoisotopic (exact) mass is 270 g/mol. The van der Waals surface area contributed by atoms with Gasteiger partial charge in [-0.15, -0.1) is 0 Å². The minimum absolute atomic E-state index is 0.412. The van der Waals surface area contributed by atoms with Crippen molar-refractivity contribution >= 4 is 10.8 Å². The lowest BCUT2D eigenvalue weighted by Crippen LogP contribution is -2.45. The fourth-order valence-corrected chi connectivity index (χ4v) is 2.91. The lowest BCUT2D eigenvalue weighted by Gasteiger charge is -2.33. The highest BCUT2D eigenvalue weighted by Gasteiger charge is 2.19. The third kappa shape index (κ3) is 2.85. The molecule has 1 saturated heterocycles. The molecule has 2 aromatic rings. The Balaban J connectivity index is 1.77. The molecule has 1 heterocycles. The van der Waals surface area contributed by atoms with Crippen LogP contribution in [0.1, 0.15) is 11.7 Å². The van der Waals surface area contributed by atoms with Crippen LogP contribution in [0.25, 0.3) is 10.8 Å². The van der Waals surface area contributed by atoms with Crippen LogP contribution in [-0.4, -0.2) is 54.7 Å². The van der Waals surface area contributed by atoms with E-state index in [2.05, 4.69) is 35.0 Å². The van der Waals surface area contributed by atoms with E-state index in [4.69, 9.17) is 0 Å².